The van der Waals surface area contributed by atoms with E-state index in [1.54, 1.807) is 41.8 Å². The van der Waals surface area contributed by atoms with Crippen LogP contribution in [0, 0.1) is 42.4 Å². The average molecular weight is 754 g/mol. The Balaban J connectivity index is 1.78. The van der Waals surface area contributed by atoms with Gasteiger partial charge in [0.2, 0.25) is 5.78 Å². The molecule has 0 saturated heterocycles. The Morgan fingerprint density at radius 3 is 2.44 bits per heavy atom. The summed E-state index contributed by atoms with van der Waals surface area (Å²) in [6.45, 7) is 12.5. The Morgan fingerprint density at radius 1 is 1.04 bits per heavy atom. The minimum atomic E-state index is -1.10. The van der Waals surface area contributed by atoms with E-state index in [1.165, 1.54) is 21.1 Å². The monoisotopic (exact) mass is 753 g/mol. The number of amides is 1. The van der Waals surface area contributed by atoms with Crippen LogP contribution in [-0.4, -0.2) is 81.0 Å². The summed E-state index contributed by atoms with van der Waals surface area (Å²) in [7, 11) is 2.92. The summed E-state index contributed by atoms with van der Waals surface area (Å²) in [4.78, 5) is 44.8. The minimum absolute atomic E-state index is 0.0112. The second-order valence-electron chi connectivity index (χ2n) is 14.8. The van der Waals surface area contributed by atoms with Crippen molar-refractivity contribution in [3.63, 3.8) is 0 Å². The largest absolute Gasteiger partial charge is 0.512 e. The number of hydrogen-bond acceptors (Lipinski definition) is 10. The molecule has 1 aromatic carbocycles. The molecule has 2 unspecified atom stereocenters. The maximum Gasteiger partial charge on any atom is 0.302 e. The first-order valence-electron chi connectivity index (χ1n) is 18.5. The lowest BCUT2D eigenvalue weighted by atomic mass is 9.79. The van der Waals surface area contributed by atoms with E-state index in [4.69, 9.17) is 19.2 Å². The van der Waals surface area contributed by atoms with Crippen LogP contribution in [-0.2, 0) is 23.8 Å². The van der Waals surface area contributed by atoms with Gasteiger partial charge in [0.15, 0.2) is 5.75 Å². The average Bonchev–Trinajstić information content (AvgIpc) is 3.43. The summed E-state index contributed by atoms with van der Waals surface area (Å²) in [5.74, 6) is 1.77. The van der Waals surface area contributed by atoms with Gasteiger partial charge in [-0.25, -0.2) is 4.98 Å². The molecular weight excluding hydrogens is 702 g/mol. The number of nitrogens with zero attached hydrogens (tertiary/aromatic N) is 2. The van der Waals surface area contributed by atoms with Crippen molar-refractivity contribution in [1.29, 1.82) is 0 Å². The van der Waals surface area contributed by atoms with Crippen LogP contribution < -0.4 is 5.32 Å². The molecule has 2 aliphatic rings. The lowest BCUT2D eigenvalue weighted by Gasteiger charge is -2.36. The summed E-state index contributed by atoms with van der Waals surface area (Å²) >= 11 is 0. The van der Waals surface area contributed by atoms with E-state index in [0.29, 0.717) is 23.2 Å². The van der Waals surface area contributed by atoms with E-state index < -0.39 is 59.7 Å². The number of methoxy groups -OCH3 is 2. The Bertz CT molecular complexity index is 2180. The number of allylic oxidation sites excluding steroid dienone is 4. The van der Waals surface area contributed by atoms with E-state index >= 15 is 0 Å². The zero-order valence-corrected chi connectivity index (χ0v) is 32.8. The van der Waals surface area contributed by atoms with Crippen molar-refractivity contribution in [1.82, 2.24) is 9.38 Å². The number of phenolic OH excluding ortho intramolecular Hbond substituents is 1. The van der Waals surface area contributed by atoms with E-state index in [9.17, 15) is 29.7 Å². The second-order valence-corrected chi connectivity index (χ2v) is 14.8. The Morgan fingerprint density at radius 2 is 1.76 bits per heavy atom. The van der Waals surface area contributed by atoms with E-state index in [1.807, 2.05) is 52.8 Å². The van der Waals surface area contributed by atoms with Gasteiger partial charge in [0, 0.05) is 62.3 Å². The lowest BCUT2D eigenvalue weighted by Crippen LogP contribution is -2.44. The maximum absolute atomic E-state index is 13.8. The first kappa shape index (κ1) is 41.0. The molecule has 0 spiro atoms. The van der Waals surface area contributed by atoms with Gasteiger partial charge < -0.3 is 34.8 Å². The standard InChI is InChI=1S/C43H51N3O9/c1-22-12-10-13-24(3)43(52)45-38-39-37(44-33-21-23(2)18-19-46(33)39)36-34(32(54-9)17-16-30(49)35(36)41(38)51)29(48)14-11-15-31(53-8)26(5)42(55-28(7)47)27(6)40(50)25(4)20-22/h10-13,15,18-19,21-22,25-27,31-32,40,42,48,50-51H,14,20H2,1-9H3,(H,45,52)/b12-10+,15-11+,24-13-,34-29?/t22-,25+,26?,27+,31-,32?,40+,42+/m0/s1. The first-order chi connectivity index (χ1) is 26.1. The number of aromatic nitrogens is 2. The molecule has 1 amide bonds. The van der Waals surface area contributed by atoms with Gasteiger partial charge in [-0.2, -0.15) is 0 Å². The number of aromatic hydroxyl groups is 1. The van der Waals surface area contributed by atoms with Crippen molar-refractivity contribution in [3.05, 3.63) is 76.7 Å². The third kappa shape index (κ3) is 8.39. The smallest absolute Gasteiger partial charge is 0.302 e. The molecule has 0 saturated carbocycles. The number of phenols is 1. The third-order valence-corrected chi connectivity index (χ3v) is 10.6. The highest BCUT2D eigenvalue weighted by molar-refractivity contribution is 6.22. The third-order valence-electron chi connectivity index (χ3n) is 10.6. The number of esters is 1. The minimum Gasteiger partial charge on any atom is -0.512 e. The van der Waals surface area contributed by atoms with Crippen LogP contribution in [0.2, 0.25) is 0 Å². The van der Waals surface area contributed by atoms with Crippen molar-refractivity contribution < 1.29 is 43.9 Å². The molecule has 1 aliphatic carbocycles. The number of ether oxygens (including phenoxy) is 3. The summed E-state index contributed by atoms with van der Waals surface area (Å²) in [6, 6.07) is 3.67. The molecule has 0 radical (unpaired) electrons. The van der Waals surface area contributed by atoms with Crippen LogP contribution in [0.3, 0.4) is 0 Å². The zero-order chi connectivity index (χ0) is 40.3. The molecular formula is C43H51N3O9. The topological polar surface area (TPSA) is 169 Å². The van der Waals surface area contributed by atoms with Gasteiger partial charge in [-0.3, -0.25) is 18.8 Å². The number of nitrogens with one attached hydrogen (secondary N) is 1. The number of benzene rings is 1. The normalized spacial score (nSPS) is 29.2. The summed E-state index contributed by atoms with van der Waals surface area (Å²) in [6.07, 6.45) is 7.83. The van der Waals surface area contributed by atoms with E-state index in [2.05, 4.69) is 17.2 Å². The molecule has 2 bridgehead atoms. The number of ketones is 1. The first-order valence-corrected chi connectivity index (χ1v) is 18.5. The predicted molar refractivity (Wildman–Crippen MR) is 210 cm³/mol. The Hall–Kier alpha value is -5.22. The zero-order valence-electron chi connectivity index (χ0n) is 32.8. The number of rotatable bonds is 3. The molecule has 3 heterocycles. The number of pyridine rings is 1. The Labute approximate surface area is 321 Å². The number of carbonyl (C=O) groups is 3. The fourth-order valence-corrected chi connectivity index (χ4v) is 7.66. The number of aliphatic hydroxyl groups excluding tert-OH is 2. The van der Waals surface area contributed by atoms with Crippen molar-refractivity contribution in [2.45, 2.75) is 85.7 Å². The number of Topliss-reactive ketones (excluding diaryl/α,β-unsaturated/α-hetero) is 1. The molecule has 8 atom stereocenters. The highest BCUT2D eigenvalue weighted by Gasteiger charge is 2.38. The van der Waals surface area contributed by atoms with Gasteiger partial charge in [-0.05, 0) is 55.7 Å². The molecule has 12 heteroatoms. The van der Waals surface area contributed by atoms with Crippen LogP contribution in [0.1, 0.15) is 75.9 Å². The van der Waals surface area contributed by atoms with Crippen molar-refractivity contribution in [2.24, 2.45) is 23.7 Å². The van der Waals surface area contributed by atoms with Gasteiger partial charge in [-0.1, -0.05) is 64.0 Å². The molecule has 1 aliphatic heterocycles. The molecule has 5 rings (SSSR count). The van der Waals surface area contributed by atoms with Gasteiger partial charge in [0.25, 0.3) is 5.91 Å². The molecule has 3 aromatic rings. The summed E-state index contributed by atoms with van der Waals surface area (Å²) in [5, 5.41) is 38.2. The van der Waals surface area contributed by atoms with Gasteiger partial charge in [0.1, 0.15) is 40.3 Å². The van der Waals surface area contributed by atoms with E-state index in [-0.39, 0.29) is 51.9 Å². The van der Waals surface area contributed by atoms with Crippen LogP contribution in [0.15, 0.2) is 60.0 Å². The van der Waals surface area contributed by atoms with Crippen LogP contribution in [0.4, 0.5) is 5.69 Å². The highest BCUT2D eigenvalue weighted by Crippen LogP contribution is 2.45. The van der Waals surface area contributed by atoms with Crippen molar-refractivity contribution in [3.8, 4) is 17.6 Å². The molecule has 2 aromatic heterocycles. The van der Waals surface area contributed by atoms with Crippen LogP contribution in [0.5, 0.6) is 5.75 Å². The molecule has 55 heavy (non-hydrogen) atoms. The fourth-order valence-electron chi connectivity index (χ4n) is 7.66. The van der Waals surface area contributed by atoms with Crippen molar-refractivity contribution >= 4 is 45.6 Å². The van der Waals surface area contributed by atoms with Gasteiger partial charge in [-0.15, -0.1) is 0 Å². The lowest BCUT2D eigenvalue weighted by molar-refractivity contribution is -0.159. The number of anilines is 1. The molecule has 4 N–H and O–H groups in total. The quantitative estimate of drug-likeness (QED) is 0.0749. The van der Waals surface area contributed by atoms with Crippen LogP contribution in [0.25, 0.3) is 22.3 Å². The van der Waals surface area contributed by atoms with E-state index in [0.717, 1.165) is 5.56 Å². The number of aliphatic hydroxyl groups is 2. The SMILES string of the molecule is COC1C#CC(=O)c2c(O)c3c4c(nc5cc(C)ccn54)c2C1=C(O)C/C=C/[C@H](OC)C(C)[C@@H](OC(C)=O)[C@H](C)[C@H](O)[C@H](C)C[C@@H](C)/C=C/C=C(/C)C(=O)N3. The number of imidazole rings is 1. The number of aryl methyl sites for hydroxylation is 1. The number of fused-ring (bicyclic) bond motifs is 1. The summed E-state index contributed by atoms with van der Waals surface area (Å²) < 4.78 is 19.1. The van der Waals surface area contributed by atoms with Gasteiger partial charge in [0.05, 0.1) is 17.8 Å². The molecule has 292 valence electrons. The fraction of sp³-hybridized carbons (Fsp3) is 0.442. The number of hydrogen-bond donors (Lipinski definition) is 4. The summed E-state index contributed by atoms with van der Waals surface area (Å²) in [5.41, 5.74) is 2.17. The molecule has 12 nitrogen and oxygen atoms in total. The second kappa shape index (κ2) is 17.1. The highest BCUT2D eigenvalue weighted by atomic mass is 16.5. The molecule has 0 fully saturated rings. The predicted octanol–water partition coefficient (Wildman–Crippen LogP) is 6.63. The number of carbonyl (C=O) groups excluding carboxylic acids is 3. The van der Waals surface area contributed by atoms with Gasteiger partial charge >= 0.3 is 5.97 Å². The van der Waals surface area contributed by atoms with Crippen LogP contribution >= 0.6 is 0 Å². The Kier molecular flexibility index (Phi) is 12.7. The van der Waals surface area contributed by atoms with Crippen molar-refractivity contribution in [2.75, 3.05) is 19.5 Å². The maximum atomic E-state index is 13.8.